The van der Waals surface area contributed by atoms with Crippen LogP contribution in [0.1, 0.15) is 28.4 Å². The molecule has 5 heteroatoms. The molecule has 5 nitrogen and oxygen atoms in total. The summed E-state index contributed by atoms with van der Waals surface area (Å²) in [5.74, 6) is -0.0663. The number of benzene rings is 2. The molecule has 0 radical (unpaired) electrons. The Balaban J connectivity index is 1.54. The standard InChI is InChI=1S/C21H25N3O2/c1-16-4-3-5-18(14-16)15-23-10-12-24(13-11-23)21(26)19-6-8-20(9-7-19)22-17(2)25/h3-9,14H,10-13,15H2,1-2H3,(H,22,25). The van der Waals surface area contributed by atoms with E-state index in [9.17, 15) is 9.59 Å². The number of hydrogen-bond donors (Lipinski definition) is 1. The predicted octanol–water partition coefficient (Wildman–Crippen LogP) is 2.91. The molecule has 0 atom stereocenters. The maximum absolute atomic E-state index is 12.7. The SMILES string of the molecule is CC(=O)Nc1ccc(C(=O)N2CCN(Cc3cccc(C)c3)CC2)cc1. The minimum Gasteiger partial charge on any atom is -0.336 e. The lowest BCUT2D eigenvalue weighted by Crippen LogP contribution is -2.48. The molecule has 3 rings (SSSR count). The monoisotopic (exact) mass is 351 g/mol. The molecule has 1 aliphatic heterocycles. The number of rotatable bonds is 4. The second-order valence-corrected chi connectivity index (χ2v) is 6.82. The summed E-state index contributed by atoms with van der Waals surface area (Å²) in [6, 6.07) is 15.6. The zero-order valence-electron chi connectivity index (χ0n) is 15.4. The lowest BCUT2D eigenvalue weighted by molar-refractivity contribution is -0.114. The van der Waals surface area contributed by atoms with Gasteiger partial charge in [0.25, 0.3) is 5.91 Å². The number of hydrogen-bond acceptors (Lipinski definition) is 3. The Hall–Kier alpha value is -2.66. The van der Waals surface area contributed by atoms with Crippen LogP contribution in [0, 0.1) is 6.92 Å². The van der Waals surface area contributed by atoms with E-state index in [1.54, 1.807) is 24.3 Å². The van der Waals surface area contributed by atoms with Crippen LogP contribution in [0.15, 0.2) is 48.5 Å². The van der Waals surface area contributed by atoms with Crippen LogP contribution in [-0.2, 0) is 11.3 Å². The smallest absolute Gasteiger partial charge is 0.253 e. The van der Waals surface area contributed by atoms with Gasteiger partial charge in [0.05, 0.1) is 0 Å². The molecule has 2 aromatic carbocycles. The minimum atomic E-state index is -0.117. The van der Waals surface area contributed by atoms with Crippen molar-refractivity contribution in [2.75, 3.05) is 31.5 Å². The number of nitrogens with one attached hydrogen (secondary N) is 1. The molecule has 26 heavy (non-hydrogen) atoms. The summed E-state index contributed by atoms with van der Waals surface area (Å²) in [7, 11) is 0. The second kappa shape index (κ2) is 8.15. The molecule has 1 aliphatic rings. The van der Waals surface area contributed by atoms with Gasteiger partial charge in [-0.25, -0.2) is 0 Å². The zero-order chi connectivity index (χ0) is 18.5. The van der Waals surface area contributed by atoms with Crippen LogP contribution in [0.5, 0.6) is 0 Å². The number of carbonyl (C=O) groups excluding carboxylic acids is 2. The first-order valence-corrected chi connectivity index (χ1v) is 8.96. The molecule has 0 spiro atoms. The van der Waals surface area contributed by atoms with E-state index in [1.807, 2.05) is 4.90 Å². The van der Waals surface area contributed by atoms with E-state index in [-0.39, 0.29) is 11.8 Å². The summed E-state index contributed by atoms with van der Waals surface area (Å²) in [6.45, 7) is 7.73. The van der Waals surface area contributed by atoms with E-state index in [0.717, 1.165) is 32.7 Å². The Morgan fingerprint density at radius 3 is 2.31 bits per heavy atom. The minimum absolute atomic E-state index is 0.0505. The Labute approximate surface area is 154 Å². The third-order valence-electron chi connectivity index (χ3n) is 4.60. The van der Waals surface area contributed by atoms with Crippen LogP contribution in [0.3, 0.4) is 0 Å². The molecule has 0 unspecified atom stereocenters. The van der Waals surface area contributed by atoms with Crippen molar-refractivity contribution in [2.24, 2.45) is 0 Å². The number of piperazine rings is 1. The van der Waals surface area contributed by atoms with Crippen LogP contribution >= 0.6 is 0 Å². The van der Waals surface area contributed by atoms with Gasteiger partial charge in [0.2, 0.25) is 5.91 Å². The highest BCUT2D eigenvalue weighted by atomic mass is 16.2. The lowest BCUT2D eigenvalue weighted by Gasteiger charge is -2.34. The van der Waals surface area contributed by atoms with Gasteiger partial charge in [0.1, 0.15) is 0 Å². The molecule has 2 aromatic rings. The van der Waals surface area contributed by atoms with E-state index in [2.05, 4.69) is 41.4 Å². The Morgan fingerprint density at radius 2 is 1.69 bits per heavy atom. The zero-order valence-corrected chi connectivity index (χ0v) is 15.4. The normalized spacial score (nSPS) is 14.9. The summed E-state index contributed by atoms with van der Waals surface area (Å²) in [4.78, 5) is 28.0. The van der Waals surface area contributed by atoms with Crippen LogP contribution in [0.2, 0.25) is 0 Å². The van der Waals surface area contributed by atoms with Crippen molar-refractivity contribution in [1.82, 2.24) is 9.80 Å². The van der Waals surface area contributed by atoms with Crippen LogP contribution in [0.25, 0.3) is 0 Å². The molecule has 1 heterocycles. The molecule has 0 aliphatic carbocycles. The molecule has 0 saturated carbocycles. The first-order chi connectivity index (χ1) is 12.5. The van der Waals surface area contributed by atoms with E-state index >= 15 is 0 Å². The largest absolute Gasteiger partial charge is 0.336 e. The Bertz CT molecular complexity index is 778. The number of aryl methyl sites for hydroxylation is 1. The van der Waals surface area contributed by atoms with Gasteiger partial charge in [-0.05, 0) is 36.8 Å². The van der Waals surface area contributed by atoms with Gasteiger partial charge in [-0.15, -0.1) is 0 Å². The molecule has 0 aromatic heterocycles. The predicted molar refractivity (Wildman–Crippen MR) is 103 cm³/mol. The summed E-state index contributed by atoms with van der Waals surface area (Å²) in [6.07, 6.45) is 0. The molecule has 1 saturated heterocycles. The Morgan fingerprint density at radius 1 is 1.00 bits per heavy atom. The average Bonchev–Trinajstić information content (AvgIpc) is 2.62. The van der Waals surface area contributed by atoms with Crippen molar-refractivity contribution in [3.8, 4) is 0 Å². The third-order valence-corrected chi connectivity index (χ3v) is 4.60. The fourth-order valence-corrected chi connectivity index (χ4v) is 3.26. The fraction of sp³-hybridized carbons (Fsp3) is 0.333. The summed E-state index contributed by atoms with van der Waals surface area (Å²) < 4.78 is 0. The van der Waals surface area contributed by atoms with Gasteiger partial charge in [0, 0.05) is 50.9 Å². The maximum atomic E-state index is 12.7. The summed E-state index contributed by atoms with van der Waals surface area (Å²) >= 11 is 0. The first-order valence-electron chi connectivity index (χ1n) is 8.96. The quantitative estimate of drug-likeness (QED) is 0.921. The highest BCUT2D eigenvalue weighted by molar-refractivity contribution is 5.95. The lowest BCUT2D eigenvalue weighted by atomic mass is 10.1. The molecular weight excluding hydrogens is 326 g/mol. The summed E-state index contributed by atoms with van der Waals surface area (Å²) in [5.41, 5.74) is 3.96. The molecule has 1 fully saturated rings. The Kier molecular flexibility index (Phi) is 5.68. The highest BCUT2D eigenvalue weighted by Gasteiger charge is 2.22. The number of carbonyl (C=O) groups is 2. The number of nitrogens with zero attached hydrogens (tertiary/aromatic N) is 2. The molecule has 2 amide bonds. The van der Waals surface area contributed by atoms with Crippen LogP contribution in [0.4, 0.5) is 5.69 Å². The van der Waals surface area contributed by atoms with Crippen LogP contribution < -0.4 is 5.32 Å². The van der Waals surface area contributed by atoms with E-state index in [0.29, 0.717) is 11.3 Å². The maximum Gasteiger partial charge on any atom is 0.253 e. The van der Waals surface area contributed by atoms with Crippen LogP contribution in [-0.4, -0.2) is 47.8 Å². The summed E-state index contributed by atoms with van der Waals surface area (Å²) in [5, 5.41) is 2.71. The van der Waals surface area contributed by atoms with Crippen molar-refractivity contribution in [1.29, 1.82) is 0 Å². The van der Waals surface area contributed by atoms with Gasteiger partial charge in [0.15, 0.2) is 0 Å². The van der Waals surface area contributed by atoms with Gasteiger partial charge >= 0.3 is 0 Å². The second-order valence-electron chi connectivity index (χ2n) is 6.82. The van der Waals surface area contributed by atoms with Crippen molar-refractivity contribution < 1.29 is 9.59 Å². The topological polar surface area (TPSA) is 52.7 Å². The van der Waals surface area contributed by atoms with Crippen molar-refractivity contribution in [3.05, 3.63) is 65.2 Å². The van der Waals surface area contributed by atoms with Gasteiger partial charge in [-0.1, -0.05) is 29.8 Å². The van der Waals surface area contributed by atoms with E-state index < -0.39 is 0 Å². The van der Waals surface area contributed by atoms with Crippen molar-refractivity contribution >= 4 is 17.5 Å². The van der Waals surface area contributed by atoms with E-state index in [1.165, 1.54) is 18.1 Å². The van der Waals surface area contributed by atoms with Gasteiger partial charge in [-0.2, -0.15) is 0 Å². The number of amides is 2. The fourth-order valence-electron chi connectivity index (χ4n) is 3.26. The molecule has 136 valence electrons. The van der Waals surface area contributed by atoms with Gasteiger partial charge < -0.3 is 10.2 Å². The highest BCUT2D eigenvalue weighted by Crippen LogP contribution is 2.15. The number of anilines is 1. The first kappa shape index (κ1) is 18.1. The van der Waals surface area contributed by atoms with Crippen molar-refractivity contribution in [2.45, 2.75) is 20.4 Å². The van der Waals surface area contributed by atoms with Gasteiger partial charge in [-0.3, -0.25) is 14.5 Å². The molecular formula is C21H25N3O2. The molecule has 0 bridgehead atoms. The molecule has 1 N–H and O–H groups in total. The van der Waals surface area contributed by atoms with E-state index in [4.69, 9.17) is 0 Å². The third kappa shape index (κ3) is 4.70. The average molecular weight is 351 g/mol. The van der Waals surface area contributed by atoms with Crippen molar-refractivity contribution in [3.63, 3.8) is 0 Å².